The van der Waals surface area contributed by atoms with Crippen LogP contribution >= 0.6 is 0 Å². The molecule has 1 heteroatoms. The van der Waals surface area contributed by atoms with E-state index in [9.17, 15) is 4.79 Å². The molecule has 0 radical (unpaired) electrons. The maximum Gasteiger partial charge on any atom is 0.135 e. The van der Waals surface area contributed by atoms with Crippen molar-refractivity contribution in [3.05, 3.63) is 34.9 Å². The lowest BCUT2D eigenvalue weighted by Crippen LogP contribution is -2.19. The smallest absolute Gasteiger partial charge is 0.135 e. The molecule has 0 amide bonds. The summed E-state index contributed by atoms with van der Waals surface area (Å²) in [5.74, 6) is 0.838. The van der Waals surface area contributed by atoms with Gasteiger partial charge in [0.2, 0.25) is 0 Å². The van der Waals surface area contributed by atoms with Crippen LogP contribution in [-0.2, 0) is 11.2 Å². The first-order valence-corrected chi connectivity index (χ1v) is 6.75. The molecular formula is C16H22O. The Morgan fingerprint density at radius 2 is 2.06 bits per heavy atom. The fraction of sp³-hybridized carbons (Fsp3) is 0.562. The molecule has 1 fully saturated rings. The van der Waals surface area contributed by atoms with Gasteiger partial charge in [0.1, 0.15) is 5.78 Å². The summed E-state index contributed by atoms with van der Waals surface area (Å²) in [4.78, 5) is 11.8. The number of carbonyl (C=O) groups excluding carboxylic acids is 1. The summed E-state index contributed by atoms with van der Waals surface area (Å²) >= 11 is 0. The van der Waals surface area contributed by atoms with Crippen LogP contribution in [0.4, 0.5) is 0 Å². The van der Waals surface area contributed by atoms with E-state index in [2.05, 4.69) is 32.0 Å². The maximum atomic E-state index is 11.8. The highest BCUT2D eigenvalue weighted by Crippen LogP contribution is 2.25. The second kappa shape index (κ2) is 5.48. The molecule has 1 atom stereocenters. The SMILES string of the molecule is Cc1ccc(C)c(CCC2CCCCC2=O)c1. The van der Waals surface area contributed by atoms with E-state index in [4.69, 9.17) is 0 Å². The van der Waals surface area contributed by atoms with Gasteiger partial charge in [0, 0.05) is 12.3 Å². The molecule has 0 aliphatic heterocycles. The van der Waals surface area contributed by atoms with E-state index in [0.29, 0.717) is 11.7 Å². The van der Waals surface area contributed by atoms with Gasteiger partial charge in [-0.3, -0.25) is 4.79 Å². The minimum Gasteiger partial charge on any atom is -0.299 e. The monoisotopic (exact) mass is 230 g/mol. The van der Waals surface area contributed by atoms with E-state index in [1.807, 2.05) is 0 Å². The highest BCUT2D eigenvalue weighted by Gasteiger charge is 2.21. The molecule has 0 saturated heterocycles. The van der Waals surface area contributed by atoms with Gasteiger partial charge < -0.3 is 0 Å². The Labute approximate surface area is 104 Å². The van der Waals surface area contributed by atoms with Crippen LogP contribution in [0.25, 0.3) is 0 Å². The van der Waals surface area contributed by atoms with Crippen LogP contribution in [0.1, 0.15) is 48.8 Å². The Morgan fingerprint density at radius 1 is 1.24 bits per heavy atom. The molecule has 1 aromatic carbocycles. The van der Waals surface area contributed by atoms with Gasteiger partial charge >= 0.3 is 0 Å². The standard InChI is InChI=1S/C16H22O/c1-12-7-8-13(2)15(11-12)10-9-14-5-3-4-6-16(14)17/h7-8,11,14H,3-6,9-10H2,1-2H3. The van der Waals surface area contributed by atoms with E-state index in [1.165, 1.54) is 23.1 Å². The molecule has 92 valence electrons. The number of aryl methyl sites for hydroxylation is 3. The summed E-state index contributed by atoms with van der Waals surface area (Å²) in [6.45, 7) is 4.30. The Balaban J connectivity index is 1.97. The lowest BCUT2D eigenvalue weighted by atomic mass is 9.83. The van der Waals surface area contributed by atoms with Crippen molar-refractivity contribution in [1.29, 1.82) is 0 Å². The second-order valence-electron chi connectivity index (χ2n) is 5.38. The number of Topliss-reactive ketones (excluding diaryl/α,β-unsaturated/α-hetero) is 1. The lowest BCUT2D eigenvalue weighted by Gasteiger charge is -2.20. The fourth-order valence-corrected chi connectivity index (χ4v) is 2.76. The maximum absolute atomic E-state index is 11.8. The average Bonchev–Trinajstić information content (AvgIpc) is 2.32. The van der Waals surface area contributed by atoms with Crippen LogP contribution in [0, 0.1) is 19.8 Å². The summed E-state index contributed by atoms with van der Waals surface area (Å²) in [6.07, 6.45) is 6.39. The zero-order valence-corrected chi connectivity index (χ0v) is 11.0. The number of carbonyl (C=O) groups is 1. The van der Waals surface area contributed by atoms with Gasteiger partial charge in [0.25, 0.3) is 0 Å². The third kappa shape index (κ3) is 3.18. The van der Waals surface area contributed by atoms with Gasteiger partial charge in [0.15, 0.2) is 0 Å². The molecule has 1 aliphatic carbocycles. The van der Waals surface area contributed by atoms with E-state index >= 15 is 0 Å². The van der Waals surface area contributed by atoms with Crippen LogP contribution in [0.3, 0.4) is 0 Å². The molecule has 1 unspecified atom stereocenters. The number of benzene rings is 1. The van der Waals surface area contributed by atoms with Crippen molar-refractivity contribution in [2.45, 2.75) is 52.4 Å². The predicted molar refractivity (Wildman–Crippen MR) is 71.2 cm³/mol. The van der Waals surface area contributed by atoms with Crippen molar-refractivity contribution in [3.63, 3.8) is 0 Å². The largest absolute Gasteiger partial charge is 0.299 e. The first-order chi connectivity index (χ1) is 8.16. The van der Waals surface area contributed by atoms with Crippen LogP contribution < -0.4 is 0 Å². The number of rotatable bonds is 3. The highest BCUT2D eigenvalue weighted by atomic mass is 16.1. The molecule has 1 aromatic rings. The molecule has 0 heterocycles. The topological polar surface area (TPSA) is 17.1 Å². The minimum atomic E-state index is 0.337. The number of ketones is 1. The first kappa shape index (κ1) is 12.3. The Kier molecular flexibility index (Phi) is 3.98. The van der Waals surface area contributed by atoms with Crippen LogP contribution in [-0.4, -0.2) is 5.78 Å². The summed E-state index contributed by atoms with van der Waals surface area (Å²) in [5, 5.41) is 0. The Hall–Kier alpha value is -1.11. The lowest BCUT2D eigenvalue weighted by molar-refractivity contribution is -0.124. The van der Waals surface area contributed by atoms with Gasteiger partial charge in [-0.2, -0.15) is 0 Å². The summed E-state index contributed by atoms with van der Waals surface area (Å²) < 4.78 is 0. The van der Waals surface area contributed by atoms with Crippen molar-refractivity contribution in [1.82, 2.24) is 0 Å². The van der Waals surface area contributed by atoms with Gasteiger partial charge in [0.05, 0.1) is 0 Å². The number of hydrogen-bond acceptors (Lipinski definition) is 1. The van der Waals surface area contributed by atoms with Crippen LogP contribution in [0.15, 0.2) is 18.2 Å². The molecule has 1 aliphatic rings. The molecule has 17 heavy (non-hydrogen) atoms. The Bertz CT molecular complexity index is 406. The van der Waals surface area contributed by atoms with Gasteiger partial charge in [-0.15, -0.1) is 0 Å². The third-order valence-corrected chi connectivity index (χ3v) is 3.95. The Morgan fingerprint density at radius 3 is 2.82 bits per heavy atom. The second-order valence-corrected chi connectivity index (χ2v) is 5.38. The van der Waals surface area contributed by atoms with Crippen molar-refractivity contribution in [2.24, 2.45) is 5.92 Å². The predicted octanol–water partition coefficient (Wildman–Crippen LogP) is 4.00. The van der Waals surface area contributed by atoms with Gasteiger partial charge in [-0.25, -0.2) is 0 Å². The van der Waals surface area contributed by atoms with Crippen molar-refractivity contribution in [2.75, 3.05) is 0 Å². The summed E-state index contributed by atoms with van der Waals surface area (Å²) in [7, 11) is 0. The van der Waals surface area contributed by atoms with E-state index in [0.717, 1.165) is 32.1 Å². The van der Waals surface area contributed by atoms with Crippen molar-refractivity contribution < 1.29 is 4.79 Å². The van der Waals surface area contributed by atoms with Crippen molar-refractivity contribution in [3.8, 4) is 0 Å². The summed E-state index contributed by atoms with van der Waals surface area (Å²) in [6, 6.07) is 6.61. The van der Waals surface area contributed by atoms with Gasteiger partial charge in [-0.1, -0.05) is 30.2 Å². The van der Waals surface area contributed by atoms with Crippen LogP contribution in [0.2, 0.25) is 0 Å². The first-order valence-electron chi connectivity index (χ1n) is 6.75. The highest BCUT2D eigenvalue weighted by molar-refractivity contribution is 5.81. The molecule has 2 rings (SSSR count). The molecule has 1 saturated carbocycles. The zero-order valence-electron chi connectivity index (χ0n) is 11.0. The molecular weight excluding hydrogens is 208 g/mol. The van der Waals surface area contributed by atoms with E-state index in [1.54, 1.807) is 0 Å². The number of hydrogen-bond donors (Lipinski definition) is 0. The summed E-state index contributed by atoms with van der Waals surface area (Å²) in [5.41, 5.74) is 4.10. The molecule has 0 bridgehead atoms. The molecule has 0 N–H and O–H groups in total. The van der Waals surface area contributed by atoms with Gasteiger partial charge in [-0.05, 0) is 50.7 Å². The quantitative estimate of drug-likeness (QED) is 0.767. The molecule has 0 spiro atoms. The normalized spacial score (nSPS) is 20.6. The zero-order chi connectivity index (χ0) is 12.3. The molecule has 1 nitrogen and oxygen atoms in total. The van der Waals surface area contributed by atoms with E-state index < -0.39 is 0 Å². The average molecular weight is 230 g/mol. The molecule has 0 aromatic heterocycles. The third-order valence-electron chi connectivity index (χ3n) is 3.95. The van der Waals surface area contributed by atoms with Crippen molar-refractivity contribution >= 4 is 5.78 Å². The fourth-order valence-electron chi connectivity index (χ4n) is 2.76. The van der Waals surface area contributed by atoms with Crippen LogP contribution in [0.5, 0.6) is 0 Å². The van der Waals surface area contributed by atoms with E-state index in [-0.39, 0.29) is 0 Å². The minimum absolute atomic E-state index is 0.337.